The van der Waals surface area contributed by atoms with Gasteiger partial charge in [-0.2, -0.15) is 13.2 Å². The van der Waals surface area contributed by atoms with Crippen molar-refractivity contribution < 1.29 is 18.0 Å². The highest BCUT2D eigenvalue weighted by Gasteiger charge is 2.30. The molecule has 1 aromatic carbocycles. The number of amides is 1. The summed E-state index contributed by atoms with van der Waals surface area (Å²) in [5.74, 6) is -0.344. The molecule has 0 spiro atoms. The van der Waals surface area contributed by atoms with Crippen LogP contribution >= 0.6 is 0 Å². The average molecular weight is 320 g/mol. The van der Waals surface area contributed by atoms with Crippen molar-refractivity contribution in [2.45, 2.75) is 19.1 Å². The van der Waals surface area contributed by atoms with Crippen LogP contribution < -0.4 is 5.32 Å². The number of benzene rings is 1. The first-order valence-corrected chi connectivity index (χ1v) is 6.93. The molecule has 0 aliphatic heterocycles. The minimum atomic E-state index is -4.36. The SMILES string of the molecule is CC(NC(=O)/C=C/c1ccccn1)c1ccc(C(F)(F)F)cc1. The van der Waals surface area contributed by atoms with E-state index in [4.69, 9.17) is 0 Å². The monoisotopic (exact) mass is 320 g/mol. The average Bonchev–Trinajstić information content (AvgIpc) is 2.53. The molecule has 1 aromatic heterocycles. The first-order chi connectivity index (χ1) is 10.9. The number of alkyl halides is 3. The lowest BCUT2D eigenvalue weighted by atomic mass is 10.1. The van der Waals surface area contributed by atoms with Crippen molar-refractivity contribution in [3.05, 3.63) is 71.6 Å². The minimum Gasteiger partial charge on any atom is -0.346 e. The van der Waals surface area contributed by atoms with Crippen molar-refractivity contribution >= 4 is 12.0 Å². The molecule has 3 nitrogen and oxygen atoms in total. The second-order valence-electron chi connectivity index (χ2n) is 4.94. The van der Waals surface area contributed by atoms with E-state index in [0.717, 1.165) is 12.1 Å². The molecule has 1 atom stereocenters. The molecule has 0 bridgehead atoms. The number of halogens is 3. The zero-order valence-electron chi connectivity index (χ0n) is 12.3. The van der Waals surface area contributed by atoms with Crippen molar-refractivity contribution in [2.24, 2.45) is 0 Å². The molecule has 0 aliphatic carbocycles. The molecule has 23 heavy (non-hydrogen) atoms. The van der Waals surface area contributed by atoms with E-state index < -0.39 is 17.8 Å². The maximum atomic E-state index is 12.5. The Hall–Kier alpha value is -2.63. The van der Waals surface area contributed by atoms with Crippen LogP contribution in [0.25, 0.3) is 6.08 Å². The third kappa shape index (κ3) is 4.95. The fourth-order valence-corrected chi connectivity index (χ4v) is 1.94. The Morgan fingerprint density at radius 1 is 1.17 bits per heavy atom. The van der Waals surface area contributed by atoms with Gasteiger partial charge in [-0.15, -0.1) is 0 Å². The van der Waals surface area contributed by atoms with Crippen molar-refractivity contribution in [1.82, 2.24) is 10.3 Å². The summed E-state index contributed by atoms with van der Waals surface area (Å²) in [5, 5.41) is 2.69. The number of nitrogens with one attached hydrogen (secondary N) is 1. The molecule has 6 heteroatoms. The quantitative estimate of drug-likeness (QED) is 0.866. The van der Waals surface area contributed by atoms with Gasteiger partial charge < -0.3 is 5.32 Å². The maximum Gasteiger partial charge on any atom is 0.416 e. The van der Waals surface area contributed by atoms with Crippen LogP contribution in [0.5, 0.6) is 0 Å². The fraction of sp³-hybridized carbons (Fsp3) is 0.176. The van der Waals surface area contributed by atoms with E-state index in [1.807, 2.05) is 0 Å². The summed E-state index contributed by atoms with van der Waals surface area (Å²) < 4.78 is 37.5. The van der Waals surface area contributed by atoms with Gasteiger partial charge in [-0.3, -0.25) is 9.78 Å². The highest BCUT2D eigenvalue weighted by molar-refractivity contribution is 5.91. The van der Waals surface area contributed by atoms with E-state index in [0.29, 0.717) is 11.3 Å². The number of aromatic nitrogens is 1. The zero-order chi connectivity index (χ0) is 16.9. The fourth-order valence-electron chi connectivity index (χ4n) is 1.94. The van der Waals surface area contributed by atoms with Gasteiger partial charge in [0.15, 0.2) is 0 Å². The lowest BCUT2D eigenvalue weighted by Crippen LogP contribution is -2.24. The van der Waals surface area contributed by atoms with Gasteiger partial charge in [-0.25, -0.2) is 0 Å². The topological polar surface area (TPSA) is 42.0 Å². The van der Waals surface area contributed by atoms with Crippen LogP contribution in [-0.4, -0.2) is 10.9 Å². The van der Waals surface area contributed by atoms with Gasteiger partial charge in [0.1, 0.15) is 0 Å². The van der Waals surface area contributed by atoms with Crippen LogP contribution in [0, 0.1) is 0 Å². The number of pyridine rings is 1. The second-order valence-corrected chi connectivity index (χ2v) is 4.94. The van der Waals surface area contributed by atoms with Crippen molar-refractivity contribution in [2.75, 3.05) is 0 Å². The normalized spacial score (nSPS) is 13.0. The Balaban J connectivity index is 1.97. The Morgan fingerprint density at radius 3 is 2.43 bits per heavy atom. The van der Waals surface area contributed by atoms with Gasteiger partial charge in [0, 0.05) is 12.3 Å². The summed E-state index contributed by atoms with van der Waals surface area (Å²) in [6, 6.07) is 9.64. The number of hydrogen-bond donors (Lipinski definition) is 1. The number of carbonyl (C=O) groups is 1. The molecule has 120 valence electrons. The first-order valence-electron chi connectivity index (χ1n) is 6.93. The number of rotatable bonds is 4. The summed E-state index contributed by atoms with van der Waals surface area (Å²) >= 11 is 0. The largest absolute Gasteiger partial charge is 0.416 e. The molecule has 1 N–H and O–H groups in total. The third-order valence-electron chi connectivity index (χ3n) is 3.19. The minimum absolute atomic E-state index is 0.344. The van der Waals surface area contributed by atoms with Gasteiger partial charge in [0.25, 0.3) is 0 Å². The maximum absolute atomic E-state index is 12.5. The summed E-state index contributed by atoms with van der Waals surface area (Å²) in [7, 11) is 0. The molecule has 0 saturated heterocycles. The smallest absolute Gasteiger partial charge is 0.346 e. The van der Waals surface area contributed by atoms with Crippen molar-refractivity contribution in [1.29, 1.82) is 0 Å². The van der Waals surface area contributed by atoms with E-state index in [9.17, 15) is 18.0 Å². The summed E-state index contributed by atoms with van der Waals surface area (Å²) in [4.78, 5) is 15.9. The predicted molar refractivity (Wildman–Crippen MR) is 81.3 cm³/mol. The lowest BCUT2D eigenvalue weighted by molar-refractivity contribution is -0.137. The highest BCUT2D eigenvalue weighted by Crippen LogP contribution is 2.29. The van der Waals surface area contributed by atoms with Gasteiger partial charge in [0.05, 0.1) is 17.3 Å². The van der Waals surface area contributed by atoms with Gasteiger partial charge in [-0.05, 0) is 42.8 Å². The molecule has 0 saturated carbocycles. The Bertz CT molecular complexity index is 679. The van der Waals surface area contributed by atoms with Crippen LogP contribution in [0.3, 0.4) is 0 Å². The van der Waals surface area contributed by atoms with Crippen LogP contribution in [0.4, 0.5) is 13.2 Å². The van der Waals surface area contributed by atoms with Gasteiger partial charge >= 0.3 is 6.18 Å². The van der Waals surface area contributed by atoms with E-state index in [-0.39, 0.29) is 5.91 Å². The summed E-state index contributed by atoms with van der Waals surface area (Å²) in [5.41, 5.74) is 0.525. The van der Waals surface area contributed by atoms with Crippen LogP contribution in [-0.2, 0) is 11.0 Å². The second kappa shape index (κ2) is 7.09. The highest BCUT2D eigenvalue weighted by atomic mass is 19.4. The number of hydrogen-bond acceptors (Lipinski definition) is 2. The van der Waals surface area contributed by atoms with E-state index in [1.165, 1.54) is 18.2 Å². The lowest BCUT2D eigenvalue weighted by Gasteiger charge is -2.14. The van der Waals surface area contributed by atoms with E-state index in [1.54, 1.807) is 37.4 Å². The summed E-state index contributed by atoms with van der Waals surface area (Å²) in [6.45, 7) is 1.70. The molecule has 2 rings (SSSR count). The molecule has 1 amide bonds. The first kappa shape index (κ1) is 16.7. The molecule has 0 aliphatic rings. The van der Waals surface area contributed by atoms with Crippen LogP contribution in [0.1, 0.15) is 29.8 Å². The Morgan fingerprint density at radius 2 is 1.87 bits per heavy atom. The molecule has 2 aromatic rings. The van der Waals surface area contributed by atoms with Crippen molar-refractivity contribution in [3.63, 3.8) is 0 Å². The third-order valence-corrected chi connectivity index (χ3v) is 3.19. The Labute approximate surface area is 131 Å². The van der Waals surface area contributed by atoms with Crippen LogP contribution in [0.2, 0.25) is 0 Å². The standard InChI is InChI=1S/C17H15F3N2O/c1-12(13-5-7-14(8-6-13)17(18,19)20)22-16(23)10-9-15-4-2-3-11-21-15/h2-12H,1H3,(H,22,23)/b10-9+. The zero-order valence-corrected chi connectivity index (χ0v) is 12.3. The predicted octanol–water partition coefficient (Wildman–Crippen LogP) is 3.99. The molecule has 1 unspecified atom stereocenters. The number of nitrogens with zero attached hydrogens (tertiary/aromatic N) is 1. The van der Waals surface area contributed by atoms with Crippen molar-refractivity contribution in [3.8, 4) is 0 Å². The van der Waals surface area contributed by atoms with E-state index >= 15 is 0 Å². The molecule has 0 fully saturated rings. The molecular formula is C17H15F3N2O. The van der Waals surface area contributed by atoms with Crippen LogP contribution in [0.15, 0.2) is 54.7 Å². The molecular weight excluding hydrogens is 305 g/mol. The van der Waals surface area contributed by atoms with Gasteiger partial charge in [-0.1, -0.05) is 18.2 Å². The molecule has 0 radical (unpaired) electrons. The Kier molecular flexibility index (Phi) is 5.16. The van der Waals surface area contributed by atoms with Gasteiger partial charge in [0.2, 0.25) is 5.91 Å². The summed E-state index contributed by atoms with van der Waals surface area (Å²) in [6.07, 6.45) is 0.149. The number of carbonyl (C=O) groups excluding carboxylic acids is 1. The molecule has 1 heterocycles. The van der Waals surface area contributed by atoms with E-state index in [2.05, 4.69) is 10.3 Å².